The Kier molecular flexibility index (Phi) is 5.15. The van der Waals surface area contributed by atoms with Crippen LogP contribution >= 0.6 is 11.6 Å². The molecule has 7 heteroatoms. The summed E-state index contributed by atoms with van der Waals surface area (Å²) in [4.78, 5) is 22.3. The maximum atomic E-state index is 12.4. The number of carbonyl (C=O) groups excluding carboxylic acids is 1. The number of nitrogen functional groups attached to an aromatic ring is 1. The second-order valence-corrected chi connectivity index (χ2v) is 6.30. The van der Waals surface area contributed by atoms with Gasteiger partial charge in [-0.1, -0.05) is 29.8 Å². The maximum absolute atomic E-state index is 12.4. The molecule has 1 aromatic carbocycles. The number of piperidine rings is 1. The van der Waals surface area contributed by atoms with Gasteiger partial charge in [-0.2, -0.15) is 4.98 Å². The number of hydrogen-bond donors (Lipinski definition) is 2. The molecule has 0 spiro atoms. The van der Waals surface area contributed by atoms with Gasteiger partial charge in [-0.25, -0.2) is 4.98 Å². The molecule has 1 aromatic heterocycles. The predicted octanol–water partition coefficient (Wildman–Crippen LogP) is 2.68. The molecule has 0 unspecified atom stereocenters. The number of rotatable bonds is 4. The summed E-state index contributed by atoms with van der Waals surface area (Å²) in [5.74, 6) is 1.39. The SMILES string of the molecule is Nc1nc(Cl)cc(NCC2CCN(C(=O)c3ccccc3)CC2)n1. The van der Waals surface area contributed by atoms with Crippen LogP contribution in [0.4, 0.5) is 11.8 Å². The minimum Gasteiger partial charge on any atom is -0.370 e. The van der Waals surface area contributed by atoms with Gasteiger partial charge in [0.2, 0.25) is 5.95 Å². The van der Waals surface area contributed by atoms with E-state index in [1.165, 1.54) is 0 Å². The van der Waals surface area contributed by atoms with E-state index >= 15 is 0 Å². The first-order valence-corrected chi connectivity index (χ1v) is 8.38. The number of hydrogen-bond acceptors (Lipinski definition) is 5. The van der Waals surface area contributed by atoms with Crippen molar-refractivity contribution in [2.24, 2.45) is 5.92 Å². The number of benzene rings is 1. The molecule has 1 aliphatic heterocycles. The highest BCUT2D eigenvalue weighted by Gasteiger charge is 2.23. The lowest BCUT2D eigenvalue weighted by Gasteiger charge is -2.32. The fraction of sp³-hybridized carbons (Fsp3) is 0.353. The zero-order chi connectivity index (χ0) is 16.9. The van der Waals surface area contributed by atoms with E-state index < -0.39 is 0 Å². The second kappa shape index (κ2) is 7.49. The summed E-state index contributed by atoms with van der Waals surface area (Å²) < 4.78 is 0. The summed E-state index contributed by atoms with van der Waals surface area (Å²) in [6, 6.07) is 11.1. The molecule has 3 rings (SSSR count). The summed E-state index contributed by atoms with van der Waals surface area (Å²) in [6.07, 6.45) is 1.92. The highest BCUT2D eigenvalue weighted by atomic mass is 35.5. The van der Waals surface area contributed by atoms with Crippen LogP contribution < -0.4 is 11.1 Å². The molecule has 1 fully saturated rings. The van der Waals surface area contributed by atoms with Gasteiger partial charge in [-0.3, -0.25) is 4.79 Å². The summed E-state index contributed by atoms with van der Waals surface area (Å²) in [5, 5.41) is 3.58. The lowest BCUT2D eigenvalue weighted by molar-refractivity contribution is 0.0695. The average Bonchev–Trinajstić information content (AvgIpc) is 2.60. The molecule has 6 nitrogen and oxygen atoms in total. The topological polar surface area (TPSA) is 84.1 Å². The van der Waals surface area contributed by atoms with Gasteiger partial charge >= 0.3 is 0 Å². The third kappa shape index (κ3) is 4.14. The molecule has 3 N–H and O–H groups in total. The van der Waals surface area contributed by atoms with Crippen molar-refractivity contribution in [1.29, 1.82) is 0 Å². The van der Waals surface area contributed by atoms with Gasteiger partial charge in [0.25, 0.3) is 5.91 Å². The Bertz CT molecular complexity index is 681. The van der Waals surface area contributed by atoms with Crippen molar-refractivity contribution in [3.05, 3.63) is 47.1 Å². The molecule has 2 heterocycles. The molecule has 1 amide bonds. The standard InChI is InChI=1S/C17H20ClN5O/c18-14-10-15(22-17(19)21-14)20-11-12-6-8-23(9-7-12)16(24)13-4-2-1-3-5-13/h1-5,10,12H,6-9,11H2,(H3,19,20,21,22). The monoisotopic (exact) mass is 345 g/mol. The molecule has 1 saturated heterocycles. The molecule has 0 aliphatic carbocycles. The van der Waals surface area contributed by atoms with Crippen LogP contribution in [-0.4, -0.2) is 40.4 Å². The Hall–Kier alpha value is -2.34. The normalized spacial score (nSPS) is 15.3. The summed E-state index contributed by atoms with van der Waals surface area (Å²) >= 11 is 5.87. The zero-order valence-corrected chi connectivity index (χ0v) is 14.0. The molecule has 0 atom stereocenters. The zero-order valence-electron chi connectivity index (χ0n) is 13.3. The van der Waals surface area contributed by atoms with Crippen LogP contribution in [0.1, 0.15) is 23.2 Å². The van der Waals surface area contributed by atoms with E-state index in [0.29, 0.717) is 16.9 Å². The van der Waals surface area contributed by atoms with Crippen molar-refractivity contribution in [3.63, 3.8) is 0 Å². The highest BCUT2D eigenvalue weighted by molar-refractivity contribution is 6.29. The number of nitrogens with two attached hydrogens (primary N) is 1. The van der Waals surface area contributed by atoms with E-state index in [0.717, 1.165) is 38.0 Å². The van der Waals surface area contributed by atoms with E-state index in [1.54, 1.807) is 6.07 Å². The van der Waals surface area contributed by atoms with Gasteiger partial charge in [-0.05, 0) is 30.9 Å². The van der Waals surface area contributed by atoms with Crippen molar-refractivity contribution < 1.29 is 4.79 Å². The molecular formula is C17H20ClN5O. The second-order valence-electron chi connectivity index (χ2n) is 5.92. The van der Waals surface area contributed by atoms with Crippen LogP contribution in [0.25, 0.3) is 0 Å². The third-order valence-electron chi connectivity index (χ3n) is 4.21. The first kappa shape index (κ1) is 16.5. The molecule has 1 aliphatic rings. The smallest absolute Gasteiger partial charge is 0.253 e. The predicted molar refractivity (Wildman–Crippen MR) is 95.0 cm³/mol. The van der Waals surface area contributed by atoms with Crippen LogP contribution in [0.2, 0.25) is 5.15 Å². The molecule has 2 aromatic rings. The van der Waals surface area contributed by atoms with Crippen molar-refractivity contribution in [2.75, 3.05) is 30.7 Å². The van der Waals surface area contributed by atoms with Crippen molar-refractivity contribution >= 4 is 29.3 Å². The average molecular weight is 346 g/mol. The fourth-order valence-corrected chi connectivity index (χ4v) is 3.07. The number of carbonyl (C=O) groups is 1. The number of aromatic nitrogens is 2. The lowest BCUT2D eigenvalue weighted by Crippen LogP contribution is -2.39. The van der Waals surface area contributed by atoms with Crippen LogP contribution in [0.15, 0.2) is 36.4 Å². The number of anilines is 2. The van der Waals surface area contributed by atoms with Crippen LogP contribution in [0.5, 0.6) is 0 Å². The summed E-state index contributed by atoms with van der Waals surface area (Å²) in [6.45, 7) is 2.32. The van der Waals surface area contributed by atoms with E-state index in [9.17, 15) is 4.79 Å². The third-order valence-corrected chi connectivity index (χ3v) is 4.40. The van der Waals surface area contributed by atoms with Gasteiger partial charge in [0.1, 0.15) is 11.0 Å². The number of amides is 1. The minimum atomic E-state index is 0.109. The van der Waals surface area contributed by atoms with Crippen LogP contribution in [0, 0.1) is 5.92 Å². The van der Waals surface area contributed by atoms with E-state index in [-0.39, 0.29) is 11.9 Å². The van der Waals surface area contributed by atoms with Gasteiger partial charge in [-0.15, -0.1) is 0 Å². The van der Waals surface area contributed by atoms with E-state index in [2.05, 4.69) is 15.3 Å². The number of halogens is 1. The highest BCUT2D eigenvalue weighted by Crippen LogP contribution is 2.20. The molecule has 126 valence electrons. The van der Waals surface area contributed by atoms with Crippen LogP contribution in [0.3, 0.4) is 0 Å². The van der Waals surface area contributed by atoms with Gasteiger partial charge in [0, 0.05) is 31.3 Å². The van der Waals surface area contributed by atoms with Crippen molar-refractivity contribution in [3.8, 4) is 0 Å². The maximum Gasteiger partial charge on any atom is 0.253 e. The Labute approximate surface area is 146 Å². The molecule has 0 bridgehead atoms. The quantitative estimate of drug-likeness (QED) is 0.832. The Morgan fingerprint density at radius 1 is 1.25 bits per heavy atom. The van der Waals surface area contributed by atoms with E-state index in [4.69, 9.17) is 17.3 Å². The molecular weight excluding hydrogens is 326 g/mol. The van der Waals surface area contributed by atoms with E-state index in [1.807, 2.05) is 35.2 Å². The fourth-order valence-electron chi connectivity index (χ4n) is 2.88. The largest absolute Gasteiger partial charge is 0.370 e. The number of nitrogens with zero attached hydrogens (tertiary/aromatic N) is 3. The Morgan fingerprint density at radius 2 is 1.96 bits per heavy atom. The lowest BCUT2D eigenvalue weighted by atomic mass is 9.96. The first-order chi connectivity index (χ1) is 11.6. The van der Waals surface area contributed by atoms with Gasteiger partial charge in [0.15, 0.2) is 0 Å². The molecule has 24 heavy (non-hydrogen) atoms. The summed E-state index contributed by atoms with van der Waals surface area (Å²) in [7, 11) is 0. The molecule has 0 saturated carbocycles. The van der Waals surface area contributed by atoms with Gasteiger partial charge in [0.05, 0.1) is 0 Å². The minimum absolute atomic E-state index is 0.109. The molecule has 0 radical (unpaired) electrons. The number of likely N-dealkylation sites (tertiary alicyclic amines) is 1. The van der Waals surface area contributed by atoms with Crippen molar-refractivity contribution in [1.82, 2.24) is 14.9 Å². The Morgan fingerprint density at radius 3 is 2.62 bits per heavy atom. The van der Waals surface area contributed by atoms with Crippen molar-refractivity contribution in [2.45, 2.75) is 12.8 Å². The number of nitrogens with one attached hydrogen (secondary N) is 1. The van der Waals surface area contributed by atoms with Crippen LogP contribution in [-0.2, 0) is 0 Å². The first-order valence-electron chi connectivity index (χ1n) is 8.00. The summed E-state index contributed by atoms with van der Waals surface area (Å²) in [5.41, 5.74) is 6.33. The van der Waals surface area contributed by atoms with Gasteiger partial charge < -0.3 is 16.0 Å². The Balaban J connectivity index is 1.49.